The van der Waals surface area contributed by atoms with Gasteiger partial charge in [0.25, 0.3) is 0 Å². The molecule has 0 aliphatic carbocycles. The van der Waals surface area contributed by atoms with E-state index >= 15 is 0 Å². The van der Waals surface area contributed by atoms with Gasteiger partial charge >= 0.3 is 0 Å². The van der Waals surface area contributed by atoms with E-state index in [4.69, 9.17) is 22.2 Å². The first-order chi connectivity index (χ1) is 8.53. The van der Waals surface area contributed by atoms with Crippen molar-refractivity contribution in [2.24, 2.45) is 5.84 Å². The van der Waals surface area contributed by atoms with E-state index < -0.39 is 5.60 Å². The highest BCUT2D eigenvalue weighted by Crippen LogP contribution is 2.34. The van der Waals surface area contributed by atoms with Crippen LogP contribution in [0.3, 0.4) is 0 Å². The van der Waals surface area contributed by atoms with E-state index in [9.17, 15) is 0 Å². The van der Waals surface area contributed by atoms with Crippen LogP contribution in [0.5, 0.6) is 0 Å². The average Bonchev–Trinajstić information content (AvgIpc) is 2.73. The predicted octanol–water partition coefficient (Wildman–Crippen LogP) is 2.27. The molecule has 0 aromatic carbocycles. The molecule has 0 bridgehead atoms. The van der Waals surface area contributed by atoms with E-state index in [1.807, 2.05) is 11.6 Å². The lowest BCUT2D eigenvalue weighted by Gasteiger charge is -2.35. The monoisotopic (exact) mass is 274 g/mol. The van der Waals surface area contributed by atoms with Gasteiger partial charge in [-0.15, -0.1) is 0 Å². The molecule has 0 saturated carbocycles. The van der Waals surface area contributed by atoms with E-state index in [0.717, 1.165) is 25.1 Å². The lowest BCUT2D eigenvalue weighted by Crippen LogP contribution is -2.46. The number of hydrazine groups is 1. The molecule has 0 radical (unpaired) electrons. The zero-order chi connectivity index (χ0) is 13.8. The lowest BCUT2D eigenvalue weighted by atomic mass is 9.91. The van der Waals surface area contributed by atoms with Crippen molar-refractivity contribution in [1.82, 2.24) is 15.2 Å². The van der Waals surface area contributed by atoms with Gasteiger partial charge in [-0.1, -0.05) is 25.4 Å². The Morgan fingerprint density at radius 3 is 2.72 bits per heavy atom. The van der Waals surface area contributed by atoms with Gasteiger partial charge in [0, 0.05) is 13.7 Å². The normalized spacial score (nSPS) is 16.6. The average molecular weight is 275 g/mol. The fourth-order valence-electron chi connectivity index (χ4n) is 2.06. The van der Waals surface area contributed by atoms with Gasteiger partial charge in [-0.2, -0.15) is 5.10 Å². The van der Waals surface area contributed by atoms with Crippen molar-refractivity contribution in [1.29, 1.82) is 0 Å². The van der Waals surface area contributed by atoms with Crippen molar-refractivity contribution in [3.05, 3.63) is 16.9 Å². The molecule has 1 rings (SSSR count). The highest BCUT2D eigenvalue weighted by molar-refractivity contribution is 6.31. The first kappa shape index (κ1) is 15.4. The number of nitrogens with one attached hydrogen (secondary N) is 1. The number of aromatic nitrogens is 2. The topological polar surface area (TPSA) is 65.1 Å². The summed E-state index contributed by atoms with van der Waals surface area (Å²) in [4.78, 5) is 0. The van der Waals surface area contributed by atoms with Gasteiger partial charge in [0.2, 0.25) is 0 Å². The van der Waals surface area contributed by atoms with Crippen molar-refractivity contribution in [3.63, 3.8) is 0 Å². The Kier molecular flexibility index (Phi) is 5.59. The maximum Gasteiger partial charge on any atom is 0.0930 e. The molecule has 0 amide bonds. The standard InChI is InChI=1S/C12H23ClN4O/c1-5-7-17-10(9(13)8-15-17)11(16-14)12(3,6-2)18-4/h8,11,16H,5-7,14H2,1-4H3. The van der Waals surface area contributed by atoms with Crippen LogP contribution in [0.25, 0.3) is 0 Å². The number of halogens is 1. The van der Waals surface area contributed by atoms with Gasteiger partial charge in [-0.05, 0) is 19.8 Å². The minimum absolute atomic E-state index is 0.200. The third-order valence-corrected chi connectivity index (χ3v) is 3.78. The van der Waals surface area contributed by atoms with Gasteiger partial charge in [0.15, 0.2) is 0 Å². The Hall–Kier alpha value is -0.620. The molecule has 0 aliphatic heterocycles. The number of aryl methyl sites for hydroxylation is 1. The second-order valence-corrected chi connectivity index (χ2v) is 4.98. The number of nitrogens with two attached hydrogens (primary N) is 1. The number of hydrogen-bond acceptors (Lipinski definition) is 4. The molecule has 0 spiro atoms. The fourth-order valence-corrected chi connectivity index (χ4v) is 2.31. The molecule has 2 unspecified atom stereocenters. The minimum Gasteiger partial charge on any atom is -0.376 e. The molecule has 6 heteroatoms. The first-order valence-electron chi connectivity index (χ1n) is 6.26. The summed E-state index contributed by atoms with van der Waals surface area (Å²) in [7, 11) is 1.68. The van der Waals surface area contributed by atoms with Gasteiger partial charge < -0.3 is 4.74 Å². The van der Waals surface area contributed by atoms with Gasteiger partial charge in [-0.25, -0.2) is 5.43 Å². The van der Waals surface area contributed by atoms with Crippen LogP contribution < -0.4 is 11.3 Å². The lowest BCUT2D eigenvalue weighted by molar-refractivity contribution is -0.0323. The molecule has 0 fully saturated rings. The summed E-state index contributed by atoms with van der Waals surface area (Å²) in [5.74, 6) is 5.71. The Morgan fingerprint density at radius 1 is 1.61 bits per heavy atom. The largest absolute Gasteiger partial charge is 0.376 e. The van der Waals surface area contributed by atoms with E-state index in [2.05, 4.69) is 24.4 Å². The Balaban J connectivity index is 3.19. The van der Waals surface area contributed by atoms with Crippen molar-refractivity contribution >= 4 is 11.6 Å². The van der Waals surface area contributed by atoms with Gasteiger partial charge in [0.05, 0.1) is 28.6 Å². The smallest absolute Gasteiger partial charge is 0.0930 e. The molecule has 1 aromatic rings. The predicted molar refractivity (Wildman–Crippen MR) is 73.3 cm³/mol. The molecule has 18 heavy (non-hydrogen) atoms. The maximum atomic E-state index is 6.24. The highest BCUT2D eigenvalue weighted by Gasteiger charge is 2.36. The van der Waals surface area contributed by atoms with Crippen LogP contribution in [0.2, 0.25) is 5.02 Å². The van der Waals surface area contributed by atoms with Crippen LogP contribution in [0.1, 0.15) is 45.3 Å². The van der Waals surface area contributed by atoms with Crippen LogP contribution in [-0.2, 0) is 11.3 Å². The van der Waals surface area contributed by atoms with Crippen molar-refractivity contribution < 1.29 is 4.74 Å². The number of hydrogen-bond donors (Lipinski definition) is 2. The maximum absolute atomic E-state index is 6.24. The van der Waals surface area contributed by atoms with E-state index in [1.165, 1.54) is 0 Å². The second kappa shape index (κ2) is 6.52. The van der Waals surface area contributed by atoms with E-state index in [0.29, 0.717) is 5.02 Å². The van der Waals surface area contributed by atoms with Crippen molar-refractivity contribution in [3.8, 4) is 0 Å². The molecule has 5 nitrogen and oxygen atoms in total. The molecule has 1 aromatic heterocycles. The highest BCUT2D eigenvalue weighted by atomic mass is 35.5. The molecular formula is C12H23ClN4O. The molecule has 3 N–H and O–H groups in total. The number of methoxy groups -OCH3 is 1. The number of ether oxygens (including phenoxy) is 1. The number of rotatable bonds is 7. The van der Waals surface area contributed by atoms with E-state index in [1.54, 1.807) is 13.3 Å². The fraction of sp³-hybridized carbons (Fsp3) is 0.750. The second-order valence-electron chi connectivity index (χ2n) is 4.57. The molecular weight excluding hydrogens is 252 g/mol. The Bertz CT molecular complexity index is 376. The van der Waals surface area contributed by atoms with Crippen LogP contribution in [0, 0.1) is 0 Å². The summed E-state index contributed by atoms with van der Waals surface area (Å²) in [5, 5.41) is 4.90. The van der Waals surface area contributed by atoms with Crippen molar-refractivity contribution in [2.75, 3.05) is 7.11 Å². The quantitative estimate of drug-likeness (QED) is 0.591. The van der Waals surface area contributed by atoms with Crippen LogP contribution in [0.15, 0.2) is 6.20 Å². The number of nitrogens with zero attached hydrogens (tertiary/aromatic N) is 2. The summed E-state index contributed by atoms with van der Waals surface area (Å²) in [6.45, 7) is 6.97. The first-order valence-corrected chi connectivity index (χ1v) is 6.64. The van der Waals surface area contributed by atoms with E-state index in [-0.39, 0.29) is 6.04 Å². The molecule has 104 valence electrons. The third kappa shape index (κ3) is 2.85. The molecule has 2 atom stereocenters. The van der Waals surface area contributed by atoms with Gasteiger partial charge in [-0.3, -0.25) is 10.5 Å². The third-order valence-electron chi connectivity index (χ3n) is 3.49. The molecule has 1 heterocycles. The van der Waals surface area contributed by atoms with Gasteiger partial charge in [0.1, 0.15) is 0 Å². The SMILES string of the molecule is CCCn1ncc(Cl)c1C(NN)C(C)(CC)OC. The molecule has 0 aliphatic rings. The Labute approximate surface area is 114 Å². The summed E-state index contributed by atoms with van der Waals surface area (Å²) in [5.41, 5.74) is 3.27. The van der Waals surface area contributed by atoms with Crippen LogP contribution in [0.4, 0.5) is 0 Å². The zero-order valence-corrected chi connectivity index (χ0v) is 12.3. The van der Waals surface area contributed by atoms with Crippen LogP contribution in [-0.4, -0.2) is 22.5 Å². The zero-order valence-electron chi connectivity index (χ0n) is 11.5. The Morgan fingerprint density at radius 2 is 2.28 bits per heavy atom. The molecule has 0 saturated heterocycles. The van der Waals surface area contributed by atoms with Crippen LogP contribution >= 0.6 is 11.6 Å². The summed E-state index contributed by atoms with van der Waals surface area (Å²) >= 11 is 6.24. The summed E-state index contributed by atoms with van der Waals surface area (Å²) < 4.78 is 7.50. The summed E-state index contributed by atoms with van der Waals surface area (Å²) in [6.07, 6.45) is 3.45. The summed E-state index contributed by atoms with van der Waals surface area (Å²) in [6, 6.07) is -0.200. The minimum atomic E-state index is -0.427. The van der Waals surface area contributed by atoms with Crippen molar-refractivity contribution in [2.45, 2.75) is 51.8 Å².